The number of nitrogens with zero attached hydrogens (tertiary/aromatic N) is 1. The third-order valence-corrected chi connectivity index (χ3v) is 4.32. The van der Waals surface area contributed by atoms with E-state index in [2.05, 4.69) is 0 Å². The Morgan fingerprint density at radius 1 is 1.42 bits per heavy atom. The van der Waals surface area contributed by atoms with Gasteiger partial charge in [-0.1, -0.05) is 25.1 Å². The molecular formula is C12H13ClN2O3S. The van der Waals surface area contributed by atoms with Gasteiger partial charge in [0.1, 0.15) is 4.90 Å². The fourth-order valence-corrected chi connectivity index (χ4v) is 3.00. The first-order valence-electron chi connectivity index (χ1n) is 5.62. The van der Waals surface area contributed by atoms with Gasteiger partial charge in [-0.3, -0.25) is 4.79 Å². The Kier molecular flexibility index (Phi) is 3.56. The van der Waals surface area contributed by atoms with Crippen molar-refractivity contribution in [2.45, 2.75) is 18.4 Å². The van der Waals surface area contributed by atoms with E-state index < -0.39 is 20.9 Å². The Labute approximate surface area is 115 Å². The number of fused-ring (bicyclic) bond motifs is 1. The second-order valence-electron chi connectivity index (χ2n) is 4.40. The lowest BCUT2D eigenvalue weighted by molar-refractivity contribution is -0.121. The van der Waals surface area contributed by atoms with Crippen molar-refractivity contribution in [1.29, 1.82) is 0 Å². The topological polar surface area (TPSA) is 82.2 Å². The molecule has 2 aromatic rings. The Hall–Kier alpha value is -1.53. The van der Waals surface area contributed by atoms with Crippen LogP contribution in [0.4, 0.5) is 0 Å². The Morgan fingerprint density at radius 3 is 2.63 bits per heavy atom. The maximum Gasteiger partial charge on any atom is 0.263 e. The molecule has 1 aromatic carbocycles. The second kappa shape index (κ2) is 4.86. The van der Waals surface area contributed by atoms with Gasteiger partial charge in [0.15, 0.2) is 0 Å². The normalized spacial score (nSPS) is 13.6. The van der Waals surface area contributed by atoms with Gasteiger partial charge < -0.3 is 10.3 Å². The zero-order valence-electron chi connectivity index (χ0n) is 10.2. The molecule has 102 valence electrons. The molecule has 2 N–H and O–H groups in total. The minimum Gasteiger partial charge on any atom is -0.369 e. The van der Waals surface area contributed by atoms with Crippen molar-refractivity contribution in [2.75, 3.05) is 0 Å². The lowest BCUT2D eigenvalue weighted by Crippen LogP contribution is -2.24. The van der Waals surface area contributed by atoms with E-state index in [-0.39, 0.29) is 4.90 Å². The number of halogens is 1. The van der Waals surface area contributed by atoms with Crippen LogP contribution in [0.3, 0.4) is 0 Å². The van der Waals surface area contributed by atoms with Crippen LogP contribution in [0.15, 0.2) is 35.4 Å². The van der Waals surface area contributed by atoms with Gasteiger partial charge in [0.25, 0.3) is 9.05 Å². The SMILES string of the molecule is CC(Cn1cc(S(=O)(=O)Cl)c2ccccc21)C(N)=O. The molecule has 1 aromatic heterocycles. The molecular weight excluding hydrogens is 288 g/mol. The average molecular weight is 301 g/mol. The van der Waals surface area contributed by atoms with Gasteiger partial charge in [-0.2, -0.15) is 0 Å². The standard InChI is InChI=1S/C12H13ClN2O3S/c1-8(12(14)16)6-15-7-11(19(13,17)18)9-4-2-3-5-10(9)15/h2-5,7-8H,6H2,1H3,(H2,14,16). The van der Waals surface area contributed by atoms with Gasteiger partial charge in [0.2, 0.25) is 5.91 Å². The van der Waals surface area contributed by atoms with Crippen LogP contribution in [0.2, 0.25) is 0 Å². The molecule has 1 heterocycles. The molecule has 2 rings (SSSR count). The van der Waals surface area contributed by atoms with Gasteiger partial charge in [0, 0.05) is 34.3 Å². The molecule has 1 amide bonds. The molecule has 1 atom stereocenters. The van der Waals surface area contributed by atoms with E-state index in [1.165, 1.54) is 6.20 Å². The molecule has 0 saturated carbocycles. The maximum absolute atomic E-state index is 11.5. The lowest BCUT2D eigenvalue weighted by atomic mass is 10.1. The first-order valence-corrected chi connectivity index (χ1v) is 7.93. The maximum atomic E-state index is 11.5. The van der Waals surface area contributed by atoms with Gasteiger partial charge in [-0.25, -0.2) is 8.42 Å². The van der Waals surface area contributed by atoms with E-state index in [1.54, 1.807) is 35.8 Å². The number of hydrogen-bond donors (Lipinski definition) is 1. The summed E-state index contributed by atoms with van der Waals surface area (Å²) in [5, 5.41) is 0.536. The number of carbonyl (C=O) groups is 1. The number of primary amides is 1. The smallest absolute Gasteiger partial charge is 0.263 e. The molecule has 0 spiro atoms. The highest BCUT2D eigenvalue weighted by atomic mass is 35.7. The van der Waals surface area contributed by atoms with Crippen molar-refractivity contribution >= 4 is 36.5 Å². The number of carbonyl (C=O) groups excluding carboxylic acids is 1. The fourth-order valence-electron chi connectivity index (χ4n) is 1.94. The van der Waals surface area contributed by atoms with Crippen LogP contribution in [-0.2, 0) is 20.4 Å². The van der Waals surface area contributed by atoms with Crippen LogP contribution >= 0.6 is 10.7 Å². The predicted molar refractivity (Wildman–Crippen MR) is 73.3 cm³/mol. The second-order valence-corrected chi connectivity index (χ2v) is 6.94. The summed E-state index contributed by atoms with van der Waals surface area (Å²) in [6.45, 7) is 1.99. The summed E-state index contributed by atoms with van der Waals surface area (Å²) in [7, 11) is 1.59. The molecule has 0 aliphatic heterocycles. The van der Waals surface area contributed by atoms with Crippen LogP contribution in [0.25, 0.3) is 10.9 Å². The van der Waals surface area contributed by atoms with Crippen molar-refractivity contribution in [3.8, 4) is 0 Å². The molecule has 5 nitrogen and oxygen atoms in total. The van der Waals surface area contributed by atoms with Crippen LogP contribution in [0.5, 0.6) is 0 Å². The number of nitrogens with two attached hydrogens (primary N) is 1. The van der Waals surface area contributed by atoms with E-state index in [4.69, 9.17) is 16.4 Å². The van der Waals surface area contributed by atoms with Crippen molar-refractivity contribution in [3.05, 3.63) is 30.5 Å². The largest absolute Gasteiger partial charge is 0.369 e. The first kappa shape index (κ1) is 13.9. The fraction of sp³-hybridized carbons (Fsp3) is 0.250. The number of hydrogen-bond acceptors (Lipinski definition) is 3. The van der Waals surface area contributed by atoms with E-state index >= 15 is 0 Å². The minimum absolute atomic E-state index is 0.0430. The summed E-state index contributed by atoms with van der Waals surface area (Å²) in [6, 6.07) is 6.97. The molecule has 0 bridgehead atoms. The van der Waals surface area contributed by atoms with Crippen molar-refractivity contribution in [2.24, 2.45) is 11.7 Å². The monoisotopic (exact) mass is 300 g/mol. The zero-order chi connectivity index (χ0) is 14.2. The third kappa shape index (κ3) is 2.74. The summed E-state index contributed by atoms with van der Waals surface area (Å²) in [6.07, 6.45) is 1.44. The highest BCUT2D eigenvalue weighted by Gasteiger charge is 2.20. The summed E-state index contributed by atoms with van der Waals surface area (Å²) < 4.78 is 24.8. The van der Waals surface area contributed by atoms with Crippen molar-refractivity contribution < 1.29 is 13.2 Å². The van der Waals surface area contributed by atoms with E-state index in [1.807, 2.05) is 0 Å². The van der Waals surface area contributed by atoms with Gasteiger partial charge in [-0.05, 0) is 6.07 Å². The molecule has 1 unspecified atom stereocenters. The van der Waals surface area contributed by atoms with E-state index in [0.717, 1.165) is 0 Å². The molecule has 0 fully saturated rings. The molecule has 0 radical (unpaired) electrons. The quantitative estimate of drug-likeness (QED) is 0.872. The Morgan fingerprint density at radius 2 is 2.05 bits per heavy atom. The van der Waals surface area contributed by atoms with Gasteiger partial charge in [-0.15, -0.1) is 0 Å². The summed E-state index contributed by atoms with van der Waals surface area (Å²) in [4.78, 5) is 11.2. The first-order chi connectivity index (χ1) is 8.80. The molecule has 0 aliphatic rings. The summed E-state index contributed by atoms with van der Waals surface area (Å²) in [5.41, 5.74) is 5.93. The molecule has 0 saturated heterocycles. The summed E-state index contributed by atoms with van der Waals surface area (Å²) in [5.74, 6) is -0.838. The van der Waals surface area contributed by atoms with Crippen LogP contribution in [-0.4, -0.2) is 18.9 Å². The average Bonchev–Trinajstić information content (AvgIpc) is 2.68. The Bertz CT molecular complexity index is 737. The predicted octanol–water partition coefficient (Wildman–Crippen LogP) is 1.69. The van der Waals surface area contributed by atoms with Crippen molar-refractivity contribution in [1.82, 2.24) is 4.57 Å². The number of aromatic nitrogens is 1. The highest BCUT2D eigenvalue weighted by Crippen LogP contribution is 2.28. The molecule has 0 aliphatic carbocycles. The van der Waals surface area contributed by atoms with Gasteiger partial charge >= 0.3 is 0 Å². The number of rotatable bonds is 4. The van der Waals surface area contributed by atoms with Crippen LogP contribution in [0.1, 0.15) is 6.92 Å². The molecule has 19 heavy (non-hydrogen) atoms. The number of benzene rings is 1. The lowest BCUT2D eigenvalue weighted by Gasteiger charge is -2.09. The zero-order valence-corrected chi connectivity index (χ0v) is 11.8. The summed E-state index contributed by atoms with van der Waals surface area (Å²) >= 11 is 0. The van der Waals surface area contributed by atoms with E-state index in [9.17, 15) is 13.2 Å². The van der Waals surface area contributed by atoms with E-state index in [0.29, 0.717) is 17.4 Å². The molecule has 7 heteroatoms. The minimum atomic E-state index is -3.83. The van der Waals surface area contributed by atoms with Crippen LogP contribution < -0.4 is 5.73 Å². The Balaban J connectivity index is 2.60. The number of para-hydroxylation sites is 1. The number of amides is 1. The van der Waals surface area contributed by atoms with Crippen LogP contribution in [0, 0.1) is 5.92 Å². The van der Waals surface area contributed by atoms with Gasteiger partial charge in [0.05, 0.1) is 5.92 Å². The van der Waals surface area contributed by atoms with Crippen molar-refractivity contribution in [3.63, 3.8) is 0 Å². The highest BCUT2D eigenvalue weighted by molar-refractivity contribution is 8.14. The third-order valence-electron chi connectivity index (χ3n) is 2.97.